The van der Waals surface area contributed by atoms with E-state index in [9.17, 15) is 0 Å². The summed E-state index contributed by atoms with van der Waals surface area (Å²) in [5.41, 5.74) is 0. The predicted octanol–water partition coefficient (Wildman–Crippen LogP) is -3.52. The van der Waals surface area contributed by atoms with Gasteiger partial charge in [-0.25, -0.2) is 0 Å². The molecular formula is H6BaLuO4Si. The van der Waals surface area contributed by atoms with E-state index in [1.807, 2.05) is 0 Å². The molecule has 0 aliphatic heterocycles. The molecule has 0 aliphatic rings. The van der Waals surface area contributed by atoms with Crippen molar-refractivity contribution in [2.75, 3.05) is 0 Å². The third kappa shape index (κ3) is 50.9. The third-order valence-electron chi connectivity index (χ3n) is 0. The van der Waals surface area contributed by atoms with Crippen LogP contribution >= 0.6 is 0 Å². The summed E-state index contributed by atoms with van der Waals surface area (Å²) in [5, 5.41) is 0. The first-order chi connectivity index (χ1) is 2.00. The average Bonchev–Trinajstić information content (AvgIpc) is 0.722. The van der Waals surface area contributed by atoms with Crippen molar-refractivity contribution in [3.63, 3.8) is 0 Å². The molecule has 7 heteroatoms. The molecule has 0 aromatic rings. The van der Waals surface area contributed by atoms with Crippen molar-refractivity contribution in [1.29, 1.82) is 0 Å². The van der Waals surface area contributed by atoms with Gasteiger partial charge in [0.25, 0.3) is 0 Å². The van der Waals surface area contributed by atoms with E-state index in [1.165, 1.54) is 0 Å². The molecule has 0 amide bonds. The van der Waals surface area contributed by atoms with E-state index in [-0.39, 0.29) is 85.8 Å². The first-order valence-corrected chi connectivity index (χ1v) is 2.68. The Kier molecular flexibility index (Phi) is 16.4. The van der Waals surface area contributed by atoms with E-state index < -0.39 is 9.05 Å². The maximum absolute atomic E-state index is 7.33. The van der Waals surface area contributed by atoms with Crippen molar-refractivity contribution >= 4 is 57.9 Å². The molecule has 0 bridgehead atoms. The minimum absolute atomic E-state index is 0. The molecule has 0 saturated carbocycles. The quantitative estimate of drug-likeness (QED) is 0.312. The summed E-state index contributed by atoms with van der Waals surface area (Å²) in [6.07, 6.45) is 0. The Balaban J connectivity index is -0.0000000800. The standard InChI is InChI=1S/Ba.Lu.H4O4Si.2H/c;;1-5(2,3)4;;/h;;1-4H;;. The van der Waals surface area contributed by atoms with Crippen molar-refractivity contribution in [3.05, 3.63) is 0 Å². The van der Waals surface area contributed by atoms with Gasteiger partial charge in [0.15, 0.2) is 0 Å². The van der Waals surface area contributed by atoms with E-state index in [0.717, 1.165) is 0 Å². The van der Waals surface area contributed by atoms with Gasteiger partial charge in [0.05, 0.1) is 0 Å². The minimum Gasteiger partial charge on any atom is 0 e. The molecule has 7 heavy (non-hydrogen) atoms. The van der Waals surface area contributed by atoms with Gasteiger partial charge in [0.2, 0.25) is 0 Å². The van der Waals surface area contributed by atoms with Crippen molar-refractivity contribution in [2.45, 2.75) is 0 Å². The number of rotatable bonds is 0. The fourth-order valence-electron chi connectivity index (χ4n) is 0. The molecule has 0 aromatic carbocycles. The van der Waals surface area contributed by atoms with E-state index in [1.54, 1.807) is 0 Å². The number of hydrogen-bond acceptors (Lipinski definition) is 4. The van der Waals surface area contributed by atoms with Crippen LogP contribution in [-0.4, -0.2) is 77.1 Å². The maximum atomic E-state index is 7.33. The molecule has 0 unspecified atom stereocenters. The SMILES string of the molecule is O[Si](O)(O)O.[BaH2].[Lu]. The monoisotopic (exact) mass is 411 g/mol. The first-order valence-electron chi connectivity index (χ1n) is 0.894. The van der Waals surface area contributed by atoms with Gasteiger partial charge < -0.3 is 19.2 Å². The Bertz CT molecular complexity index is 27.2. The van der Waals surface area contributed by atoms with Crippen molar-refractivity contribution < 1.29 is 56.1 Å². The smallest absolute Gasteiger partial charge is 0 e. The molecule has 0 rings (SSSR count). The van der Waals surface area contributed by atoms with Crippen LogP contribution in [-0.2, 0) is 0 Å². The van der Waals surface area contributed by atoms with Crippen molar-refractivity contribution in [1.82, 2.24) is 0 Å². The summed E-state index contributed by atoms with van der Waals surface area (Å²) < 4.78 is 0. The van der Waals surface area contributed by atoms with Crippen LogP contribution in [0.2, 0.25) is 0 Å². The van der Waals surface area contributed by atoms with Crippen molar-refractivity contribution in [3.8, 4) is 0 Å². The zero-order valence-corrected chi connectivity index (χ0v) is 5.20. The Morgan fingerprint density at radius 2 is 0.857 bits per heavy atom. The Hall–Kier alpha value is 2.86. The van der Waals surface area contributed by atoms with Crippen LogP contribution in [0, 0.1) is 36.9 Å². The fraction of sp³-hybridized carbons (Fsp3) is 0. The Labute approximate surface area is 111 Å². The van der Waals surface area contributed by atoms with Gasteiger partial charge in [-0.05, 0) is 0 Å². The Morgan fingerprint density at radius 1 is 0.857 bits per heavy atom. The largest absolute Gasteiger partial charge is 0 e. The first kappa shape index (κ1) is 16.4. The van der Waals surface area contributed by atoms with Gasteiger partial charge in [-0.2, -0.15) is 0 Å². The molecule has 0 aliphatic carbocycles. The van der Waals surface area contributed by atoms with Crippen LogP contribution in [0.4, 0.5) is 0 Å². The fourth-order valence-corrected chi connectivity index (χ4v) is 0. The van der Waals surface area contributed by atoms with Gasteiger partial charge >= 0.3 is 57.9 Å². The molecule has 4 nitrogen and oxygen atoms in total. The molecular weight excluding hydrogens is 404 g/mol. The summed E-state index contributed by atoms with van der Waals surface area (Å²) in [6, 6.07) is 0. The van der Waals surface area contributed by atoms with E-state index in [0.29, 0.717) is 0 Å². The summed E-state index contributed by atoms with van der Waals surface area (Å²) in [4.78, 5) is 29.3. The van der Waals surface area contributed by atoms with Crippen LogP contribution in [0.25, 0.3) is 0 Å². The summed E-state index contributed by atoms with van der Waals surface area (Å²) >= 11 is 0. The summed E-state index contributed by atoms with van der Waals surface area (Å²) in [7, 11) is -4.61. The van der Waals surface area contributed by atoms with Crippen LogP contribution in [0.1, 0.15) is 0 Å². The third-order valence-corrected chi connectivity index (χ3v) is 0. The van der Waals surface area contributed by atoms with Crippen molar-refractivity contribution in [2.24, 2.45) is 0 Å². The van der Waals surface area contributed by atoms with E-state index in [2.05, 4.69) is 0 Å². The van der Waals surface area contributed by atoms with Gasteiger partial charge in [-0.15, -0.1) is 0 Å². The molecule has 4 N–H and O–H groups in total. The molecule has 0 aromatic heterocycles. The summed E-state index contributed by atoms with van der Waals surface area (Å²) in [5.74, 6) is 0. The predicted molar refractivity (Wildman–Crippen MR) is 23.2 cm³/mol. The maximum Gasteiger partial charge on any atom is 0 e. The molecule has 0 spiro atoms. The minimum atomic E-state index is -4.61. The van der Waals surface area contributed by atoms with Gasteiger partial charge in [-0.1, -0.05) is 0 Å². The molecule has 0 saturated heterocycles. The topological polar surface area (TPSA) is 80.9 Å². The van der Waals surface area contributed by atoms with Gasteiger partial charge in [-0.3, -0.25) is 0 Å². The average molecular weight is 410 g/mol. The van der Waals surface area contributed by atoms with Crippen LogP contribution in [0.3, 0.4) is 0 Å². The van der Waals surface area contributed by atoms with Gasteiger partial charge in [0.1, 0.15) is 0 Å². The van der Waals surface area contributed by atoms with Crippen LogP contribution < -0.4 is 0 Å². The van der Waals surface area contributed by atoms with Crippen LogP contribution in [0.5, 0.6) is 0 Å². The zero-order valence-electron chi connectivity index (χ0n) is 2.55. The van der Waals surface area contributed by atoms with Crippen LogP contribution in [0.15, 0.2) is 0 Å². The molecule has 0 atom stereocenters. The molecule has 51 valence electrons. The molecule has 0 fully saturated rings. The number of hydrogen-bond donors (Lipinski definition) is 4. The summed E-state index contributed by atoms with van der Waals surface area (Å²) in [6.45, 7) is 0. The second kappa shape index (κ2) is 6.97. The molecule has 1 radical (unpaired) electrons. The van der Waals surface area contributed by atoms with E-state index in [4.69, 9.17) is 19.2 Å². The Morgan fingerprint density at radius 3 is 0.857 bits per heavy atom. The second-order valence-electron chi connectivity index (χ2n) is 0.600. The van der Waals surface area contributed by atoms with E-state index >= 15 is 0 Å². The molecule has 0 heterocycles. The normalized spacial score (nSPS) is 8.57. The second-order valence-corrected chi connectivity index (χ2v) is 1.80. The van der Waals surface area contributed by atoms with Gasteiger partial charge in [0, 0.05) is 36.9 Å². The zero-order chi connectivity index (χ0) is 4.50.